The van der Waals surface area contributed by atoms with Crippen molar-refractivity contribution >= 4 is 21.7 Å². The van der Waals surface area contributed by atoms with Gasteiger partial charge in [-0.2, -0.15) is 0 Å². The maximum atomic E-state index is 12.1. The lowest BCUT2D eigenvalue weighted by atomic mass is 10.2. The van der Waals surface area contributed by atoms with E-state index in [1.54, 1.807) is 11.0 Å². The minimum absolute atomic E-state index is 0.0461. The molecule has 1 saturated heterocycles. The van der Waals surface area contributed by atoms with E-state index in [4.69, 9.17) is 0 Å². The number of amides is 2. The van der Waals surface area contributed by atoms with Crippen molar-refractivity contribution in [3.63, 3.8) is 0 Å². The van der Waals surface area contributed by atoms with Gasteiger partial charge in [0.05, 0.1) is 12.3 Å². The second-order valence-electron chi connectivity index (χ2n) is 6.30. The van der Waals surface area contributed by atoms with Crippen molar-refractivity contribution in [3.8, 4) is 11.8 Å². The average Bonchev–Trinajstić information content (AvgIpc) is 3.05. The molecule has 1 aliphatic heterocycles. The van der Waals surface area contributed by atoms with Crippen molar-refractivity contribution in [2.75, 3.05) is 24.5 Å². The molecule has 7 heteroatoms. The van der Waals surface area contributed by atoms with Crippen molar-refractivity contribution in [1.82, 2.24) is 10.0 Å². The van der Waals surface area contributed by atoms with Crippen molar-refractivity contribution in [2.24, 2.45) is 0 Å². The Balaban J connectivity index is 1.54. The van der Waals surface area contributed by atoms with Gasteiger partial charge in [0, 0.05) is 24.3 Å². The van der Waals surface area contributed by atoms with Crippen LogP contribution >= 0.6 is 0 Å². The van der Waals surface area contributed by atoms with Crippen LogP contribution in [-0.2, 0) is 15.8 Å². The number of sulfonamides is 1. The van der Waals surface area contributed by atoms with Crippen molar-refractivity contribution in [1.29, 1.82) is 0 Å². The summed E-state index contributed by atoms with van der Waals surface area (Å²) in [6.07, 6.45) is 0. The highest BCUT2D eigenvalue weighted by Gasteiger charge is 2.20. The number of carbonyl (C=O) groups is 1. The van der Waals surface area contributed by atoms with Crippen LogP contribution in [0.3, 0.4) is 0 Å². The molecule has 0 bridgehead atoms. The number of urea groups is 1. The second kappa shape index (κ2) is 8.25. The molecular weight excluding hydrogens is 362 g/mol. The second-order valence-corrected chi connectivity index (χ2v) is 8.11. The molecule has 2 N–H and O–H groups in total. The molecular formula is C20H21N3O3S. The Labute approximate surface area is 159 Å². The summed E-state index contributed by atoms with van der Waals surface area (Å²) in [7, 11) is -3.43. The summed E-state index contributed by atoms with van der Waals surface area (Å²) in [5.41, 5.74) is 3.35. The van der Waals surface area contributed by atoms with E-state index in [0.29, 0.717) is 13.1 Å². The van der Waals surface area contributed by atoms with Gasteiger partial charge in [0.15, 0.2) is 0 Å². The minimum Gasteiger partial charge on any atom is -0.336 e. The van der Waals surface area contributed by atoms with Crippen LogP contribution in [0.4, 0.5) is 10.5 Å². The summed E-state index contributed by atoms with van der Waals surface area (Å²) in [5.74, 6) is 5.68. The van der Waals surface area contributed by atoms with Crippen LogP contribution < -0.4 is 14.9 Å². The summed E-state index contributed by atoms with van der Waals surface area (Å²) in [6.45, 7) is 3.26. The molecule has 6 nitrogen and oxygen atoms in total. The lowest BCUT2D eigenvalue weighted by molar-refractivity contribution is 0.252. The fourth-order valence-corrected chi connectivity index (χ4v) is 3.82. The monoisotopic (exact) mass is 383 g/mol. The lowest BCUT2D eigenvalue weighted by Gasteiger charge is -2.13. The largest absolute Gasteiger partial charge is 0.336 e. The van der Waals surface area contributed by atoms with E-state index in [9.17, 15) is 13.2 Å². The van der Waals surface area contributed by atoms with E-state index in [0.717, 1.165) is 22.4 Å². The first-order valence-corrected chi connectivity index (χ1v) is 10.3. The van der Waals surface area contributed by atoms with E-state index in [1.165, 1.54) is 0 Å². The summed E-state index contributed by atoms with van der Waals surface area (Å²) in [4.78, 5) is 13.3. The number of hydrogen-bond donors (Lipinski definition) is 2. The molecule has 140 valence electrons. The molecule has 1 heterocycles. The standard InChI is InChI=1S/C20H21N3O3S/c1-16-4-2-5-18(14-16)15-27(25,26)22-11-3-6-17-7-9-19(10-8-17)23-13-12-21-20(23)24/h2,4-5,7-10,14,22H,11-13,15H2,1H3,(H,21,24). The number of anilines is 1. The van der Waals surface area contributed by atoms with Crippen molar-refractivity contribution in [2.45, 2.75) is 12.7 Å². The smallest absolute Gasteiger partial charge is 0.321 e. The molecule has 0 unspecified atom stereocenters. The molecule has 0 atom stereocenters. The molecule has 0 spiro atoms. The fraction of sp³-hybridized carbons (Fsp3) is 0.250. The van der Waals surface area contributed by atoms with Gasteiger partial charge in [-0.25, -0.2) is 17.9 Å². The van der Waals surface area contributed by atoms with Crippen LogP contribution in [-0.4, -0.2) is 34.1 Å². The Morgan fingerprint density at radius 2 is 1.96 bits per heavy atom. The molecule has 2 amide bonds. The number of carbonyl (C=O) groups excluding carboxylic acids is 1. The van der Waals surface area contributed by atoms with E-state index >= 15 is 0 Å². The van der Waals surface area contributed by atoms with Crippen LogP contribution in [0.2, 0.25) is 0 Å². The first kappa shape index (κ1) is 19.0. The minimum atomic E-state index is -3.43. The van der Waals surface area contributed by atoms with Gasteiger partial charge in [0.2, 0.25) is 10.0 Å². The number of nitrogens with zero attached hydrogens (tertiary/aromatic N) is 1. The zero-order chi connectivity index (χ0) is 19.3. The topological polar surface area (TPSA) is 78.5 Å². The molecule has 0 aromatic heterocycles. The third kappa shape index (κ3) is 5.33. The molecule has 1 fully saturated rings. The first-order valence-electron chi connectivity index (χ1n) is 8.60. The summed E-state index contributed by atoms with van der Waals surface area (Å²) >= 11 is 0. The molecule has 27 heavy (non-hydrogen) atoms. The van der Waals surface area contributed by atoms with Gasteiger partial charge in [-0.1, -0.05) is 41.7 Å². The van der Waals surface area contributed by atoms with Crippen LogP contribution in [0.5, 0.6) is 0 Å². The zero-order valence-corrected chi connectivity index (χ0v) is 15.8. The van der Waals surface area contributed by atoms with Crippen molar-refractivity contribution < 1.29 is 13.2 Å². The van der Waals surface area contributed by atoms with Gasteiger partial charge < -0.3 is 5.32 Å². The molecule has 1 aliphatic rings. The molecule has 0 radical (unpaired) electrons. The molecule has 0 saturated carbocycles. The Kier molecular flexibility index (Phi) is 5.79. The number of benzene rings is 2. The molecule has 3 rings (SSSR count). The average molecular weight is 383 g/mol. The maximum Gasteiger partial charge on any atom is 0.321 e. The highest BCUT2D eigenvalue weighted by molar-refractivity contribution is 7.88. The van der Waals surface area contributed by atoms with Gasteiger partial charge in [-0.15, -0.1) is 0 Å². The van der Waals surface area contributed by atoms with E-state index in [1.807, 2.05) is 49.4 Å². The number of hydrogen-bond acceptors (Lipinski definition) is 3. The van der Waals surface area contributed by atoms with Crippen molar-refractivity contribution in [3.05, 3.63) is 65.2 Å². The molecule has 2 aromatic rings. The Bertz CT molecular complexity index is 989. The number of nitrogens with one attached hydrogen (secondary N) is 2. The first-order chi connectivity index (χ1) is 12.9. The van der Waals surface area contributed by atoms with E-state index in [-0.39, 0.29) is 18.3 Å². The zero-order valence-electron chi connectivity index (χ0n) is 15.0. The quantitative estimate of drug-likeness (QED) is 0.775. The highest BCUT2D eigenvalue weighted by atomic mass is 32.2. The number of rotatable bonds is 5. The Morgan fingerprint density at radius 1 is 1.19 bits per heavy atom. The van der Waals surface area contributed by atoms with Crippen LogP contribution in [0.15, 0.2) is 48.5 Å². The number of aryl methyl sites for hydroxylation is 1. The predicted octanol–water partition coefficient (Wildman–Crippen LogP) is 2.00. The Morgan fingerprint density at radius 3 is 2.63 bits per heavy atom. The van der Waals surface area contributed by atoms with Crippen LogP contribution in [0.25, 0.3) is 0 Å². The summed E-state index contributed by atoms with van der Waals surface area (Å²) in [6, 6.07) is 14.6. The van der Waals surface area contributed by atoms with Crippen LogP contribution in [0, 0.1) is 18.8 Å². The van der Waals surface area contributed by atoms with Gasteiger partial charge in [-0.3, -0.25) is 4.90 Å². The normalized spacial score (nSPS) is 13.8. The predicted molar refractivity (Wildman–Crippen MR) is 106 cm³/mol. The van der Waals surface area contributed by atoms with E-state index in [2.05, 4.69) is 21.9 Å². The van der Waals surface area contributed by atoms with E-state index < -0.39 is 10.0 Å². The summed E-state index contributed by atoms with van der Waals surface area (Å²) < 4.78 is 26.7. The molecule has 2 aromatic carbocycles. The van der Waals surface area contributed by atoms with Crippen LogP contribution in [0.1, 0.15) is 16.7 Å². The maximum absolute atomic E-state index is 12.1. The SMILES string of the molecule is Cc1cccc(CS(=O)(=O)NCC#Cc2ccc(N3CCNC3=O)cc2)c1. The molecule has 0 aliphatic carbocycles. The highest BCUT2D eigenvalue weighted by Crippen LogP contribution is 2.16. The third-order valence-electron chi connectivity index (χ3n) is 4.09. The summed E-state index contributed by atoms with van der Waals surface area (Å²) in [5, 5.41) is 2.75. The third-order valence-corrected chi connectivity index (χ3v) is 5.39. The van der Waals surface area contributed by atoms with Gasteiger partial charge >= 0.3 is 6.03 Å². The van der Waals surface area contributed by atoms with Gasteiger partial charge in [-0.05, 0) is 36.8 Å². The van der Waals surface area contributed by atoms with Gasteiger partial charge in [0.25, 0.3) is 0 Å². The van der Waals surface area contributed by atoms with Gasteiger partial charge in [0.1, 0.15) is 0 Å². The Hall–Kier alpha value is -2.82. The fourth-order valence-electron chi connectivity index (χ4n) is 2.81. The lowest BCUT2D eigenvalue weighted by Crippen LogP contribution is -2.27.